The van der Waals surface area contributed by atoms with Crippen LogP contribution in [0.5, 0.6) is 0 Å². The number of hydrogen-bond donors (Lipinski definition) is 2. The van der Waals surface area contributed by atoms with Gasteiger partial charge < -0.3 is 11.1 Å². The summed E-state index contributed by atoms with van der Waals surface area (Å²) in [5.74, 6) is 0.0966. The van der Waals surface area contributed by atoms with Gasteiger partial charge in [-0.3, -0.25) is 4.79 Å². The molecule has 1 heterocycles. The van der Waals surface area contributed by atoms with Crippen molar-refractivity contribution < 1.29 is 4.79 Å². The maximum absolute atomic E-state index is 12.2. The van der Waals surface area contributed by atoms with Gasteiger partial charge in [-0.25, -0.2) is 4.98 Å². The molecule has 0 aliphatic carbocycles. The molecule has 0 bridgehead atoms. The maximum Gasteiger partial charge on any atom is 0.251 e. The number of nitrogens with zero attached hydrogens (tertiary/aromatic N) is 1. The highest BCUT2D eigenvalue weighted by Gasteiger charge is 2.26. The van der Waals surface area contributed by atoms with Crippen LogP contribution in [0, 0.1) is 0 Å². The molecule has 1 rings (SSSR count). The molecular formula is C13H20ClN3O. The van der Waals surface area contributed by atoms with Crippen LogP contribution < -0.4 is 11.1 Å². The van der Waals surface area contributed by atoms with Crippen LogP contribution >= 0.6 is 11.6 Å². The zero-order valence-corrected chi connectivity index (χ0v) is 11.8. The van der Waals surface area contributed by atoms with Crippen LogP contribution in [0.4, 0.5) is 5.82 Å². The average molecular weight is 270 g/mol. The van der Waals surface area contributed by atoms with Gasteiger partial charge in [-0.15, -0.1) is 0 Å². The van der Waals surface area contributed by atoms with E-state index >= 15 is 0 Å². The van der Waals surface area contributed by atoms with Gasteiger partial charge in [0, 0.05) is 11.1 Å². The largest absolute Gasteiger partial charge is 0.384 e. The molecular weight excluding hydrogens is 250 g/mol. The van der Waals surface area contributed by atoms with Crippen molar-refractivity contribution >= 4 is 23.3 Å². The van der Waals surface area contributed by atoms with Crippen LogP contribution in [0.25, 0.3) is 0 Å². The number of rotatable bonds is 5. The molecule has 1 aromatic heterocycles. The van der Waals surface area contributed by atoms with E-state index in [0.717, 1.165) is 19.3 Å². The Morgan fingerprint density at radius 1 is 1.33 bits per heavy atom. The van der Waals surface area contributed by atoms with Gasteiger partial charge in [0.25, 0.3) is 5.91 Å². The Morgan fingerprint density at radius 3 is 2.33 bits per heavy atom. The highest BCUT2D eigenvalue weighted by molar-refractivity contribution is 6.29. The van der Waals surface area contributed by atoms with E-state index in [1.165, 1.54) is 12.1 Å². The molecule has 0 radical (unpaired) electrons. The van der Waals surface area contributed by atoms with Gasteiger partial charge >= 0.3 is 0 Å². The highest BCUT2D eigenvalue weighted by atomic mass is 35.5. The molecule has 0 atom stereocenters. The molecule has 1 aromatic rings. The Balaban J connectivity index is 2.94. The number of nitrogens with one attached hydrogen (secondary N) is 1. The molecule has 0 aromatic carbocycles. The van der Waals surface area contributed by atoms with Crippen LogP contribution in [-0.4, -0.2) is 16.4 Å². The standard InChI is InChI=1S/C13H20ClN3O/c1-4-13(5-2,6-3)17-12(18)9-7-10(14)16-11(15)8-9/h7-8H,4-6H2,1-3H3,(H2,15,16)(H,17,18). The molecule has 0 saturated carbocycles. The second-order valence-electron chi connectivity index (χ2n) is 4.40. The number of anilines is 1. The fourth-order valence-electron chi connectivity index (χ4n) is 1.98. The number of hydrogen-bond acceptors (Lipinski definition) is 3. The number of pyridine rings is 1. The van der Waals surface area contributed by atoms with E-state index in [0.29, 0.717) is 5.56 Å². The first-order valence-electron chi connectivity index (χ1n) is 6.22. The first-order valence-corrected chi connectivity index (χ1v) is 6.59. The summed E-state index contributed by atoms with van der Waals surface area (Å²) < 4.78 is 0. The van der Waals surface area contributed by atoms with Crippen LogP contribution in [0.15, 0.2) is 12.1 Å². The summed E-state index contributed by atoms with van der Waals surface area (Å²) in [6.45, 7) is 6.21. The summed E-state index contributed by atoms with van der Waals surface area (Å²) in [4.78, 5) is 16.0. The normalized spacial score (nSPS) is 11.3. The first-order chi connectivity index (χ1) is 8.46. The van der Waals surface area contributed by atoms with Crippen molar-refractivity contribution in [3.8, 4) is 0 Å². The minimum absolute atomic E-state index is 0.156. The smallest absolute Gasteiger partial charge is 0.251 e. The van der Waals surface area contributed by atoms with Gasteiger partial charge in [-0.05, 0) is 31.4 Å². The third-order valence-electron chi connectivity index (χ3n) is 3.49. The van der Waals surface area contributed by atoms with Crippen molar-refractivity contribution in [2.45, 2.75) is 45.6 Å². The Bertz CT molecular complexity index is 402. The zero-order chi connectivity index (χ0) is 13.8. The number of carbonyl (C=O) groups excluding carboxylic acids is 1. The zero-order valence-electron chi connectivity index (χ0n) is 11.1. The third-order valence-corrected chi connectivity index (χ3v) is 3.68. The summed E-state index contributed by atoms with van der Waals surface area (Å²) >= 11 is 5.80. The molecule has 4 nitrogen and oxygen atoms in total. The van der Waals surface area contributed by atoms with E-state index < -0.39 is 0 Å². The van der Waals surface area contributed by atoms with Gasteiger partial charge in [0.15, 0.2) is 0 Å². The summed E-state index contributed by atoms with van der Waals surface area (Å²) in [6, 6.07) is 3.06. The number of amides is 1. The fraction of sp³-hybridized carbons (Fsp3) is 0.538. The maximum atomic E-state index is 12.2. The summed E-state index contributed by atoms with van der Waals surface area (Å²) in [5, 5.41) is 3.30. The Labute approximate surface area is 113 Å². The van der Waals surface area contributed by atoms with Gasteiger partial charge in [0.05, 0.1) is 0 Å². The molecule has 0 aliphatic heterocycles. The number of aromatic nitrogens is 1. The lowest BCUT2D eigenvalue weighted by Gasteiger charge is -2.31. The van der Waals surface area contributed by atoms with E-state index in [1.807, 2.05) is 0 Å². The monoisotopic (exact) mass is 269 g/mol. The van der Waals surface area contributed by atoms with Crippen molar-refractivity contribution in [3.05, 3.63) is 22.8 Å². The number of nitrogens with two attached hydrogens (primary N) is 1. The molecule has 0 unspecified atom stereocenters. The SMILES string of the molecule is CCC(CC)(CC)NC(=O)c1cc(N)nc(Cl)c1. The highest BCUT2D eigenvalue weighted by Crippen LogP contribution is 2.21. The molecule has 0 spiro atoms. The Morgan fingerprint density at radius 2 is 1.89 bits per heavy atom. The first kappa shape index (κ1) is 14.8. The molecule has 0 saturated heterocycles. The van der Waals surface area contributed by atoms with Crippen molar-refractivity contribution in [1.29, 1.82) is 0 Å². The van der Waals surface area contributed by atoms with Gasteiger partial charge in [0.2, 0.25) is 0 Å². The lowest BCUT2D eigenvalue weighted by atomic mass is 9.89. The number of carbonyl (C=O) groups is 1. The quantitative estimate of drug-likeness (QED) is 0.808. The van der Waals surface area contributed by atoms with Crippen LogP contribution in [-0.2, 0) is 0 Å². The van der Waals surface area contributed by atoms with Gasteiger partial charge in [-0.1, -0.05) is 32.4 Å². The molecule has 1 amide bonds. The summed E-state index contributed by atoms with van der Waals surface area (Å²) in [6.07, 6.45) is 2.67. The predicted molar refractivity (Wildman–Crippen MR) is 74.7 cm³/mol. The Kier molecular flexibility index (Phi) is 4.96. The Hall–Kier alpha value is -1.29. The van der Waals surface area contributed by atoms with Gasteiger partial charge in [0.1, 0.15) is 11.0 Å². The van der Waals surface area contributed by atoms with Gasteiger partial charge in [-0.2, -0.15) is 0 Å². The summed E-state index contributed by atoms with van der Waals surface area (Å²) in [7, 11) is 0. The lowest BCUT2D eigenvalue weighted by molar-refractivity contribution is 0.0888. The van der Waals surface area contributed by atoms with E-state index in [9.17, 15) is 4.79 Å². The molecule has 5 heteroatoms. The van der Waals surface area contributed by atoms with Crippen LogP contribution in [0.3, 0.4) is 0 Å². The predicted octanol–water partition coefficient (Wildman–Crippen LogP) is 3.02. The molecule has 3 N–H and O–H groups in total. The van der Waals surface area contributed by atoms with Crippen molar-refractivity contribution in [1.82, 2.24) is 10.3 Å². The molecule has 0 aliphatic rings. The number of nitrogen functional groups attached to an aromatic ring is 1. The van der Waals surface area contributed by atoms with Crippen LogP contribution in [0.1, 0.15) is 50.4 Å². The van der Waals surface area contributed by atoms with Crippen molar-refractivity contribution in [2.24, 2.45) is 0 Å². The van der Waals surface area contributed by atoms with Crippen molar-refractivity contribution in [3.63, 3.8) is 0 Å². The van der Waals surface area contributed by atoms with E-state index in [4.69, 9.17) is 17.3 Å². The minimum atomic E-state index is -0.165. The van der Waals surface area contributed by atoms with E-state index in [2.05, 4.69) is 31.1 Å². The second-order valence-corrected chi connectivity index (χ2v) is 4.79. The van der Waals surface area contributed by atoms with Crippen LogP contribution in [0.2, 0.25) is 5.15 Å². The van der Waals surface area contributed by atoms with Crippen molar-refractivity contribution in [2.75, 3.05) is 5.73 Å². The average Bonchev–Trinajstić information content (AvgIpc) is 2.35. The minimum Gasteiger partial charge on any atom is -0.384 e. The topological polar surface area (TPSA) is 68.0 Å². The molecule has 0 fully saturated rings. The van der Waals surface area contributed by atoms with E-state index in [1.54, 1.807) is 0 Å². The number of halogens is 1. The fourth-order valence-corrected chi connectivity index (χ4v) is 2.19. The van der Waals surface area contributed by atoms with E-state index in [-0.39, 0.29) is 22.4 Å². The molecule has 18 heavy (non-hydrogen) atoms. The lowest BCUT2D eigenvalue weighted by Crippen LogP contribution is -2.47. The second kappa shape index (κ2) is 6.05. The third kappa shape index (κ3) is 3.35. The summed E-state index contributed by atoms with van der Waals surface area (Å²) in [5.41, 5.74) is 5.87. The molecule has 100 valence electrons.